The fraction of sp³-hybridized carbons (Fsp3) is 0.500. The van der Waals surface area contributed by atoms with E-state index in [2.05, 4.69) is 0 Å². The van der Waals surface area contributed by atoms with Crippen molar-refractivity contribution >= 4 is 11.6 Å². The van der Waals surface area contributed by atoms with Gasteiger partial charge in [-0.3, -0.25) is 4.79 Å². The molecule has 1 amide bonds. The SMILES string of the molecule is CN(C(=O)C1(C)CCCC1N)c1ccc(F)cc1. The monoisotopic (exact) mass is 250 g/mol. The molecule has 1 aromatic carbocycles. The molecule has 1 aromatic rings. The van der Waals surface area contributed by atoms with Gasteiger partial charge in [0.15, 0.2) is 0 Å². The summed E-state index contributed by atoms with van der Waals surface area (Å²) in [5.74, 6) is -0.289. The quantitative estimate of drug-likeness (QED) is 0.875. The lowest BCUT2D eigenvalue weighted by molar-refractivity contribution is -0.127. The van der Waals surface area contributed by atoms with Crippen molar-refractivity contribution in [2.24, 2.45) is 11.1 Å². The summed E-state index contributed by atoms with van der Waals surface area (Å²) >= 11 is 0. The first-order valence-electron chi connectivity index (χ1n) is 6.24. The Hall–Kier alpha value is -1.42. The number of anilines is 1. The minimum Gasteiger partial charge on any atom is -0.327 e. The lowest BCUT2D eigenvalue weighted by atomic mass is 9.83. The van der Waals surface area contributed by atoms with Crippen LogP contribution in [0.15, 0.2) is 24.3 Å². The van der Waals surface area contributed by atoms with Gasteiger partial charge in [-0.25, -0.2) is 4.39 Å². The van der Waals surface area contributed by atoms with E-state index in [-0.39, 0.29) is 17.8 Å². The smallest absolute Gasteiger partial charge is 0.234 e. The first-order valence-corrected chi connectivity index (χ1v) is 6.24. The molecule has 1 aliphatic rings. The second-order valence-corrected chi connectivity index (χ2v) is 5.26. The van der Waals surface area contributed by atoms with E-state index in [1.807, 2.05) is 6.92 Å². The summed E-state index contributed by atoms with van der Waals surface area (Å²) in [5.41, 5.74) is 6.25. The molecule has 0 aromatic heterocycles. The van der Waals surface area contributed by atoms with E-state index in [9.17, 15) is 9.18 Å². The largest absolute Gasteiger partial charge is 0.327 e. The van der Waals surface area contributed by atoms with Crippen LogP contribution in [-0.4, -0.2) is 19.0 Å². The summed E-state index contributed by atoms with van der Waals surface area (Å²) in [5, 5.41) is 0. The molecule has 18 heavy (non-hydrogen) atoms. The first-order chi connectivity index (χ1) is 8.45. The van der Waals surface area contributed by atoms with Gasteiger partial charge in [0.1, 0.15) is 5.82 Å². The van der Waals surface area contributed by atoms with Gasteiger partial charge >= 0.3 is 0 Å². The Balaban J connectivity index is 2.21. The summed E-state index contributed by atoms with van der Waals surface area (Å²) in [7, 11) is 1.71. The third-order valence-corrected chi connectivity index (χ3v) is 4.04. The van der Waals surface area contributed by atoms with E-state index >= 15 is 0 Å². The highest BCUT2D eigenvalue weighted by Crippen LogP contribution is 2.38. The minimum absolute atomic E-state index is 0.0131. The van der Waals surface area contributed by atoms with Crippen molar-refractivity contribution in [3.63, 3.8) is 0 Å². The van der Waals surface area contributed by atoms with E-state index in [1.165, 1.54) is 12.1 Å². The number of nitrogens with zero attached hydrogens (tertiary/aromatic N) is 1. The van der Waals surface area contributed by atoms with Gasteiger partial charge in [-0.1, -0.05) is 6.42 Å². The fourth-order valence-electron chi connectivity index (χ4n) is 2.62. The molecule has 2 N–H and O–H groups in total. The van der Waals surface area contributed by atoms with Gasteiger partial charge in [-0.15, -0.1) is 0 Å². The van der Waals surface area contributed by atoms with Crippen LogP contribution >= 0.6 is 0 Å². The highest BCUT2D eigenvalue weighted by molar-refractivity contribution is 5.97. The Morgan fingerprint density at radius 3 is 2.56 bits per heavy atom. The summed E-state index contributed by atoms with van der Waals surface area (Å²) in [6, 6.07) is 5.84. The minimum atomic E-state index is -0.497. The van der Waals surface area contributed by atoms with Gasteiger partial charge in [-0.2, -0.15) is 0 Å². The molecule has 0 saturated heterocycles. The Morgan fingerprint density at radius 1 is 1.44 bits per heavy atom. The lowest BCUT2D eigenvalue weighted by Gasteiger charge is -2.32. The fourth-order valence-corrected chi connectivity index (χ4v) is 2.62. The van der Waals surface area contributed by atoms with Gasteiger partial charge in [-0.05, 0) is 44.0 Å². The number of nitrogens with two attached hydrogens (primary N) is 1. The van der Waals surface area contributed by atoms with Crippen LogP contribution in [0, 0.1) is 11.2 Å². The molecular formula is C14H19FN2O. The number of halogens is 1. The van der Waals surface area contributed by atoms with Gasteiger partial charge < -0.3 is 10.6 Å². The third-order valence-electron chi connectivity index (χ3n) is 4.04. The van der Waals surface area contributed by atoms with E-state index in [1.54, 1.807) is 24.1 Å². The maximum Gasteiger partial charge on any atom is 0.234 e. The van der Waals surface area contributed by atoms with Crippen molar-refractivity contribution in [2.45, 2.75) is 32.2 Å². The van der Waals surface area contributed by atoms with Crippen LogP contribution in [-0.2, 0) is 4.79 Å². The molecular weight excluding hydrogens is 231 g/mol. The highest BCUT2D eigenvalue weighted by Gasteiger charge is 2.44. The molecule has 3 nitrogen and oxygen atoms in total. The van der Waals surface area contributed by atoms with Crippen LogP contribution < -0.4 is 10.6 Å². The predicted octanol–water partition coefficient (Wildman–Crippen LogP) is 2.31. The van der Waals surface area contributed by atoms with Crippen molar-refractivity contribution in [1.29, 1.82) is 0 Å². The van der Waals surface area contributed by atoms with Gasteiger partial charge in [0.05, 0.1) is 5.41 Å². The molecule has 1 aliphatic carbocycles. The topological polar surface area (TPSA) is 46.3 Å². The predicted molar refractivity (Wildman–Crippen MR) is 69.7 cm³/mol. The number of carbonyl (C=O) groups is 1. The van der Waals surface area contributed by atoms with Crippen molar-refractivity contribution in [2.75, 3.05) is 11.9 Å². The maximum absolute atomic E-state index is 12.9. The average Bonchev–Trinajstić information content (AvgIpc) is 2.70. The molecule has 0 heterocycles. The number of hydrogen-bond donors (Lipinski definition) is 1. The Bertz CT molecular complexity index is 446. The van der Waals surface area contributed by atoms with Crippen molar-refractivity contribution in [3.05, 3.63) is 30.1 Å². The highest BCUT2D eigenvalue weighted by atomic mass is 19.1. The standard InChI is InChI=1S/C14H19FN2O/c1-14(9-3-4-12(14)16)13(18)17(2)11-7-5-10(15)6-8-11/h5-8,12H,3-4,9,16H2,1-2H3. The summed E-state index contributed by atoms with van der Waals surface area (Å²) in [6.45, 7) is 1.92. The molecule has 4 heteroatoms. The lowest BCUT2D eigenvalue weighted by Crippen LogP contribution is -2.48. The number of carbonyl (C=O) groups excluding carboxylic acids is 1. The van der Waals surface area contributed by atoms with Gasteiger partial charge in [0.25, 0.3) is 0 Å². The molecule has 0 bridgehead atoms. The normalized spacial score (nSPS) is 27.2. The second-order valence-electron chi connectivity index (χ2n) is 5.26. The summed E-state index contributed by atoms with van der Waals surface area (Å²) in [6.07, 6.45) is 2.69. The molecule has 2 atom stereocenters. The van der Waals surface area contributed by atoms with Crippen LogP contribution in [0.4, 0.5) is 10.1 Å². The van der Waals surface area contributed by atoms with Gasteiger partial charge in [0.2, 0.25) is 5.91 Å². The summed E-state index contributed by atoms with van der Waals surface area (Å²) < 4.78 is 12.9. The van der Waals surface area contributed by atoms with Crippen molar-refractivity contribution in [3.8, 4) is 0 Å². The number of rotatable bonds is 2. The molecule has 1 fully saturated rings. The maximum atomic E-state index is 12.9. The van der Waals surface area contributed by atoms with E-state index in [0.29, 0.717) is 5.69 Å². The molecule has 98 valence electrons. The van der Waals surface area contributed by atoms with Crippen LogP contribution in [0.2, 0.25) is 0 Å². The van der Waals surface area contributed by atoms with Crippen molar-refractivity contribution in [1.82, 2.24) is 0 Å². The first kappa shape index (κ1) is 13.0. The average molecular weight is 250 g/mol. The molecule has 0 radical (unpaired) electrons. The van der Waals surface area contributed by atoms with Crippen LogP contribution in [0.1, 0.15) is 26.2 Å². The van der Waals surface area contributed by atoms with Gasteiger partial charge in [0, 0.05) is 18.8 Å². The third kappa shape index (κ3) is 2.12. The molecule has 1 saturated carbocycles. The van der Waals surface area contributed by atoms with Crippen molar-refractivity contribution < 1.29 is 9.18 Å². The van der Waals surface area contributed by atoms with Crippen LogP contribution in [0.5, 0.6) is 0 Å². The molecule has 0 spiro atoms. The van der Waals surface area contributed by atoms with E-state index in [4.69, 9.17) is 5.73 Å². The Kier molecular flexibility index (Phi) is 3.39. The van der Waals surface area contributed by atoms with E-state index in [0.717, 1.165) is 19.3 Å². The second kappa shape index (κ2) is 4.69. The Morgan fingerprint density at radius 2 is 2.06 bits per heavy atom. The Labute approximate surface area is 107 Å². The van der Waals surface area contributed by atoms with Crippen LogP contribution in [0.3, 0.4) is 0 Å². The van der Waals surface area contributed by atoms with Crippen LogP contribution in [0.25, 0.3) is 0 Å². The number of amides is 1. The zero-order valence-corrected chi connectivity index (χ0v) is 10.8. The zero-order valence-electron chi connectivity index (χ0n) is 10.8. The number of benzene rings is 1. The molecule has 2 unspecified atom stereocenters. The van der Waals surface area contributed by atoms with E-state index < -0.39 is 5.41 Å². The summed E-state index contributed by atoms with van der Waals surface area (Å²) in [4.78, 5) is 14.1. The zero-order chi connectivity index (χ0) is 13.3. The number of hydrogen-bond acceptors (Lipinski definition) is 2. The molecule has 0 aliphatic heterocycles. The molecule has 2 rings (SSSR count).